The third kappa shape index (κ3) is 1.98. The van der Waals surface area contributed by atoms with E-state index in [1.54, 1.807) is 0 Å². The molecule has 0 bridgehead atoms. The minimum Gasteiger partial charge on any atom is -0.347 e. The predicted octanol–water partition coefficient (Wildman–Crippen LogP) is 3.14. The summed E-state index contributed by atoms with van der Waals surface area (Å²) in [4.78, 5) is 0. The van der Waals surface area contributed by atoms with Gasteiger partial charge in [0.2, 0.25) is 0 Å². The average molecular weight is 219 g/mol. The van der Waals surface area contributed by atoms with Gasteiger partial charge in [-0.2, -0.15) is 5.26 Å². The third-order valence-corrected chi connectivity index (χ3v) is 2.70. The van der Waals surface area contributed by atoms with Gasteiger partial charge in [0.15, 0.2) is 0 Å². The van der Waals surface area contributed by atoms with E-state index < -0.39 is 0 Å². The maximum atomic E-state index is 8.82. The van der Waals surface area contributed by atoms with E-state index >= 15 is 0 Å². The zero-order chi connectivity index (χ0) is 10.7. The highest BCUT2D eigenvalue weighted by Gasteiger charge is 2.01. The number of rotatable bonds is 3. The van der Waals surface area contributed by atoms with Crippen molar-refractivity contribution in [3.05, 3.63) is 36.0 Å². The van der Waals surface area contributed by atoms with Crippen LogP contribution in [0.2, 0.25) is 0 Å². The molecule has 0 amide bonds. The summed E-state index contributed by atoms with van der Waals surface area (Å²) in [6.45, 7) is 0.905. The van der Waals surface area contributed by atoms with Crippen LogP contribution in [-0.2, 0) is 6.54 Å². The van der Waals surface area contributed by atoms with E-state index in [4.69, 9.17) is 16.9 Å². The molecule has 0 aliphatic heterocycles. The lowest BCUT2D eigenvalue weighted by Gasteiger charge is -2.03. The van der Waals surface area contributed by atoms with E-state index in [0.717, 1.165) is 18.5 Å². The summed E-state index contributed by atoms with van der Waals surface area (Å²) >= 11 is 5.66. The molecule has 1 aromatic heterocycles. The number of nitrogens with zero attached hydrogens (tertiary/aromatic N) is 2. The van der Waals surface area contributed by atoms with Crippen molar-refractivity contribution in [3.8, 4) is 6.07 Å². The molecule has 0 atom stereocenters. The van der Waals surface area contributed by atoms with Crippen molar-refractivity contribution in [3.63, 3.8) is 0 Å². The molecule has 0 saturated heterocycles. The van der Waals surface area contributed by atoms with Crippen LogP contribution < -0.4 is 0 Å². The molecule has 0 saturated carbocycles. The van der Waals surface area contributed by atoms with Crippen LogP contribution in [0.4, 0.5) is 0 Å². The van der Waals surface area contributed by atoms with Crippen molar-refractivity contribution < 1.29 is 0 Å². The van der Waals surface area contributed by atoms with Gasteiger partial charge in [-0.25, -0.2) is 0 Å². The molecular weight excluding hydrogens is 208 g/mol. The Morgan fingerprint density at radius 3 is 2.93 bits per heavy atom. The van der Waals surface area contributed by atoms with Crippen LogP contribution in [0.5, 0.6) is 0 Å². The fourth-order valence-corrected chi connectivity index (χ4v) is 1.80. The third-order valence-electron chi connectivity index (χ3n) is 2.44. The van der Waals surface area contributed by atoms with Crippen LogP contribution >= 0.6 is 11.6 Å². The van der Waals surface area contributed by atoms with E-state index in [1.807, 2.05) is 24.4 Å². The molecule has 15 heavy (non-hydrogen) atoms. The molecule has 0 radical (unpaired) electrons. The van der Waals surface area contributed by atoms with Gasteiger partial charge in [-0.05, 0) is 30.0 Å². The van der Waals surface area contributed by atoms with Gasteiger partial charge in [0.05, 0.1) is 11.6 Å². The maximum Gasteiger partial charge on any atom is 0.0992 e. The molecule has 2 aromatic rings. The topological polar surface area (TPSA) is 28.7 Å². The summed E-state index contributed by atoms with van der Waals surface area (Å²) in [5.74, 6) is 0.664. The summed E-state index contributed by atoms with van der Waals surface area (Å²) in [6, 6.07) is 9.95. The van der Waals surface area contributed by atoms with Crippen LogP contribution in [0, 0.1) is 11.3 Å². The lowest BCUT2D eigenvalue weighted by molar-refractivity contribution is 0.707. The van der Waals surface area contributed by atoms with Crippen LogP contribution in [0.25, 0.3) is 10.9 Å². The van der Waals surface area contributed by atoms with E-state index in [0.29, 0.717) is 11.4 Å². The Bertz CT molecular complexity index is 508. The first-order valence-electron chi connectivity index (χ1n) is 4.90. The number of benzene rings is 1. The van der Waals surface area contributed by atoms with Gasteiger partial charge in [0.25, 0.3) is 0 Å². The standard InChI is InChI=1S/C12H11ClN2/c13-5-1-6-15-7-4-11-3-2-10(9-14)8-12(11)15/h2-4,7-8H,1,5-6H2. The second-order valence-electron chi connectivity index (χ2n) is 3.44. The smallest absolute Gasteiger partial charge is 0.0992 e. The highest BCUT2D eigenvalue weighted by molar-refractivity contribution is 6.17. The SMILES string of the molecule is N#Cc1ccc2ccn(CCCCl)c2c1. The summed E-state index contributed by atoms with van der Waals surface area (Å²) in [6.07, 6.45) is 2.99. The Morgan fingerprint density at radius 1 is 1.33 bits per heavy atom. The zero-order valence-electron chi connectivity index (χ0n) is 8.28. The second kappa shape index (κ2) is 4.37. The monoisotopic (exact) mass is 218 g/mol. The Morgan fingerprint density at radius 2 is 2.20 bits per heavy atom. The van der Waals surface area contributed by atoms with E-state index in [9.17, 15) is 0 Å². The van der Waals surface area contributed by atoms with Crippen molar-refractivity contribution in [2.75, 3.05) is 5.88 Å². The first kappa shape index (κ1) is 10.1. The summed E-state index contributed by atoms with van der Waals surface area (Å²) in [5, 5.41) is 9.99. The number of aryl methyl sites for hydroxylation is 1. The molecule has 0 fully saturated rings. The van der Waals surface area contributed by atoms with Crippen LogP contribution in [0.1, 0.15) is 12.0 Å². The highest BCUT2D eigenvalue weighted by Crippen LogP contribution is 2.17. The normalized spacial score (nSPS) is 10.4. The van der Waals surface area contributed by atoms with Gasteiger partial charge < -0.3 is 4.57 Å². The molecule has 0 aliphatic rings. The van der Waals surface area contributed by atoms with E-state index in [2.05, 4.69) is 16.7 Å². The average Bonchev–Trinajstić information content (AvgIpc) is 2.68. The number of alkyl halides is 1. The van der Waals surface area contributed by atoms with Crippen molar-refractivity contribution >= 4 is 22.5 Å². The minimum absolute atomic E-state index is 0.664. The Kier molecular flexibility index (Phi) is 2.94. The lowest BCUT2D eigenvalue weighted by Crippen LogP contribution is -1.96. The predicted molar refractivity (Wildman–Crippen MR) is 62.0 cm³/mol. The highest BCUT2D eigenvalue weighted by atomic mass is 35.5. The maximum absolute atomic E-state index is 8.82. The molecule has 1 heterocycles. The van der Waals surface area contributed by atoms with Crippen molar-refractivity contribution in [2.24, 2.45) is 0 Å². The quantitative estimate of drug-likeness (QED) is 0.728. The molecule has 0 aliphatic carbocycles. The molecule has 2 rings (SSSR count). The summed E-state index contributed by atoms with van der Waals surface area (Å²) in [5.41, 5.74) is 1.81. The van der Waals surface area contributed by atoms with Crippen LogP contribution in [0.15, 0.2) is 30.5 Å². The number of halogens is 1. The largest absolute Gasteiger partial charge is 0.347 e. The molecule has 0 N–H and O–H groups in total. The van der Waals surface area contributed by atoms with E-state index in [-0.39, 0.29) is 0 Å². The molecule has 0 spiro atoms. The van der Waals surface area contributed by atoms with Gasteiger partial charge in [0.1, 0.15) is 0 Å². The number of hydrogen-bond acceptors (Lipinski definition) is 1. The van der Waals surface area contributed by atoms with Gasteiger partial charge in [0, 0.05) is 24.1 Å². The molecule has 3 heteroatoms. The van der Waals surface area contributed by atoms with Gasteiger partial charge in [-0.15, -0.1) is 11.6 Å². The van der Waals surface area contributed by atoms with E-state index in [1.165, 1.54) is 5.39 Å². The van der Waals surface area contributed by atoms with Crippen LogP contribution in [0.3, 0.4) is 0 Å². The fraction of sp³-hybridized carbons (Fsp3) is 0.250. The van der Waals surface area contributed by atoms with Gasteiger partial charge in [-0.1, -0.05) is 6.07 Å². The Balaban J connectivity index is 2.43. The van der Waals surface area contributed by atoms with Crippen molar-refractivity contribution in [1.82, 2.24) is 4.57 Å². The van der Waals surface area contributed by atoms with Crippen molar-refractivity contribution in [2.45, 2.75) is 13.0 Å². The number of hydrogen-bond donors (Lipinski definition) is 0. The minimum atomic E-state index is 0.664. The van der Waals surface area contributed by atoms with Gasteiger partial charge in [-0.3, -0.25) is 0 Å². The molecule has 2 nitrogen and oxygen atoms in total. The fourth-order valence-electron chi connectivity index (χ4n) is 1.68. The number of aromatic nitrogens is 1. The summed E-state index contributed by atoms with van der Waals surface area (Å²) < 4.78 is 2.14. The molecule has 76 valence electrons. The lowest BCUT2D eigenvalue weighted by atomic mass is 10.2. The molecular formula is C12H11ClN2. The zero-order valence-corrected chi connectivity index (χ0v) is 9.04. The summed E-state index contributed by atoms with van der Waals surface area (Å²) in [7, 11) is 0. The number of fused-ring (bicyclic) bond motifs is 1. The van der Waals surface area contributed by atoms with Crippen LogP contribution in [-0.4, -0.2) is 10.4 Å². The molecule has 0 unspecified atom stereocenters. The van der Waals surface area contributed by atoms with Gasteiger partial charge >= 0.3 is 0 Å². The first-order chi connectivity index (χ1) is 7.35. The Labute approximate surface area is 93.7 Å². The second-order valence-corrected chi connectivity index (χ2v) is 3.82. The first-order valence-corrected chi connectivity index (χ1v) is 5.43. The van der Waals surface area contributed by atoms with Crippen molar-refractivity contribution in [1.29, 1.82) is 5.26 Å². The Hall–Kier alpha value is -1.46. The number of nitriles is 1. The molecule has 1 aromatic carbocycles.